The molecule has 3 rings (SSSR count). The lowest BCUT2D eigenvalue weighted by Gasteiger charge is -1.97. The van der Waals surface area contributed by atoms with Crippen molar-refractivity contribution >= 4 is 51.0 Å². The van der Waals surface area contributed by atoms with Crippen LogP contribution in [0.25, 0.3) is 0 Å². The van der Waals surface area contributed by atoms with Crippen molar-refractivity contribution in [1.29, 1.82) is 0 Å². The Bertz CT molecular complexity index is 989. The first kappa shape index (κ1) is 48.1. The largest absolute Gasteiger partial charge is 0.388 e. The second-order valence-electron chi connectivity index (χ2n) is 7.57. The molecule has 45 heavy (non-hydrogen) atoms. The number of hydrogen-bond acceptors (Lipinski definition) is 9. The molecule has 0 saturated carbocycles. The maximum Gasteiger partial charge on any atom is 0.217 e. The summed E-state index contributed by atoms with van der Waals surface area (Å²) < 4.78 is 28.7. The molecule has 3 aromatic carbocycles. The molecule has 256 valence electrons. The molecule has 0 aliphatic rings. The van der Waals surface area contributed by atoms with Crippen molar-refractivity contribution in [3.63, 3.8) is 0 Å². The second-order valence-corrected chi connectivity index (χ2v) is 9.94. The van der Waals surface area contributed by atoms with Crippen LogP contribution in [-0.4, -0.2) is 74.8 Å². The summed E-state index contributed by atoms with van der Waals surface area (Å²) >= 11 is -2.45. The summed E-state index contributed by atoms with van der Waals surface area (Å²) in [6.45, 7) is 6.83. The molecular formula is C32H55N5O6S2. The topological polar surface area (TPSA) is 147 Å². The Balaban J connectivity index is -0.000000224. The minimum absolute atomic E-state index is 0.00463. The number of carbonyl (C=O) groups excluding carboxylic acids is 2. The van der Waals surface area contributed by atoms with Crippen molar-refractivity contribution in [2.75, 3.05) is 70.5 Å². The van der Waals surface area contributed by atoms with Gasteiger partial charge in [0.05, 0.1) is 14.2 Å². The molecule has 0 saturated heterocycles. The van der Waals surface area contributed by atoms with Gasteiger partial charge in [-0.15, -0.1) is 0 Å². The highest BCUT2D eigenvalue weighted by molar-refractivity contribution is 7.80. The van der Waals surface area contributed by atoms with Gasteiger partial charge in [0.1, 0.15) is 5.88 Å². The normalized spacial score (nSPS) is 9.67. The van der Waals surface area contributed by atoms with E-state index in [9.17, 15) is 18.0 Å². The Morgan fingerprint density at radius 3 is 1.00 bits per heavy atom. The fourth-order valence-corrected chi connectivity index (χ4v) is 2.47. The average Bonchev–Trinajstić information content (AvgIpc) is 3.10. The van der Waals surface area contributed by atoms with Crippen molar-refractivity contribution in [2.45, 2.75) is 27.7 Å². The first-order chi connectivity index (χ1) is 21.5. The second kappa shape index (κ2) is 38.2. The lowest BCUT2D eigenvalue weighted by molar-refractivity contribution is -0.119. The third-order valence-electron chi connectivity index (χ3n) is 4.40. The number of amides is 2. The van der Waals surface area contributed by atoms with Crippen LogP contribution in [0.1, 0.15) is 27.7 Å². The zero-order chi connectivity index (χ0) is 35.3. The van der Waals surface area contributed by atoms with Gasteiger partial charge in [-0.25, -0.2) is 8.42 Å². The van der Waals surface area contributed by atoms with Gasteiger partial charge in [-0.3, -0.25) is 18.0 Å². The number of anilines is 3. The predicted octanol–water partition coefficient (Wildman–Crippen LogP) is 5.28. The Morgan fingerprint density at radius 2 is 0.867 bits per heavy atom. The van der Waals surface area contributed by atoms with E-state index in [4.69, 9.17) is 0 Å². The zero-order valence-corrected chi connectivity index (χ0v) is 30.3. The van der Waals surface area contributed by atoms with E-state index in [0.29, 0.717) is 0 Å². The van der Waals surface area contributed by atoms with E-state index in [1.54, 1.807) is 7.05 Å². The van der Waals surface area contributed by atoms with Crippen LogP contribution in [0.5, 0.6) is 0 Å². The van der Waals surface area contributed by atoms with Gasteiger partial charge >= 0.3 is 0 Å². The van der Waals surface area contributed by atoms with Gasteiger partial charge in [0.25, 0.3) is 0 Å². The van der Waals surface area contributed by atoms with Crippen LogP contribution in [0.2, 0.25) is 0 Å². The van der Waals surface area contributed by atoms with E-state index >= 15 is 0 Å². The van der Waals surface area contributed by atoms with Crippen molar-refractivity contribution in [1.82, 2.24) is 10.6 Å². The molecule has 2 unspecified atom stereocenters. The van der Waals surface area contributed by atoms with Crippen molar-refractivity contribution < 1.29 is 26.4 Å². The van der Waals surface area contributed by atoms with E-state index in [1.165, 1.54) is 34.3 Å². The highest BCUT2D eigenvalue weighted by Gasteiger charge is 1.95. The lowest BCUT2D eigenvalue weighted by atomic mass is 10.3. The molecule has 0 heterocycles. The fourth-order valence-electron chi connectivity index (χ4n) is 2.03. The van der Waals surface area contributed by atoms with Gasteiger partial charge in [-0.1, -0.05) is 68.4 Å². The molecule has 0 aliphatic carbocycles. The van der Waals surface area contributed by atoms with E-state index in [-0.39, 0.29) is 17.7 Å². The Labute approximate surface area is 276 Å². The number of nitrogens with one attached hydrogen (secondary N) is 5. The molecule has 5 N–H and O–H groups in total. The standard InChI is InChI=1S/3C7H9N.C4H9NO3S.C3H7NO.C2H6O2S.C2H6/c3*1-8-7-5-3-2-4-6-7;1-4(6)5-3-9(7)8-2;1-3(5)4-2;1-4-5(2)3;1-2/h3*2-6,8H,1H3;3H2,1-2H3,(H,5,6);1-2H3,(H,4,5);1-2H3;1-2H3. The molecule has 0 aliphatic heterocycles. The van der Waals surface area contributed by atoms with Crippen LogP contribution in [0.4, 0.5) is 17.1 Å². The summed E-state index contributed by atoms with van der Waals surface area (Å²) in [5.74, 6) is -0.142. The first-order valence-electron chi connectivity index (χ1n) is 13.9. The number of benzene rings is 3. The fraction of sp³-hybridized carbons (Fsp3) is 0.375. The third kappa shape index (κ3) is 42.4. The molecular weight excluding hydrogens is 615 g/mol. The van der Waals surface area contributed by atoms with E-state index in [1.807, 2.05) is 126 Å². The van der Waals surface area contributed by atoms with E-state index < -0.39 is 22.2 Å². The number of hydrogen-bond donors (Lipinski definition) is 5. The summed E-state index contributed by atoms with van der Waals surface area (Å²) in [5.41, 5.74) is 3.48. The van der Waals surface area contributed by atoms with Crippen molar-refractivity contribution in [3.8, 4) is 0 Å². The van der Waals surface area contributed by atoms with Gasteiger partial charge in [-0.05, 0) is 36.4 Å². The minimum atomic E-state index is -1.38. The molecule has 13 heteroatoms. The monoisotopic (exact) mass is 669 g/mol. The van der Waals surface area contributed by atoms with Crippen molar-refractivity contribution in [3.05, 3.63) is 91.0 Å². The summed E-state index contributed by atoms with van der Waals surface area (Å²) in [6, 6.07) is 30.2. The summed E-state index contributed by atoms with van der Waals surface area (Å²) in [4.78, 5) is 19.9. The van der Waals surface area contributed by atoms with Crippen LogP contribution in [0.3, 0.4) is 0 Å². The first-order valence-corrected chi connectivity index (χ1v) is 16.7. The van der Waals surface area contributed by atoms with Crippen molar-refractivity contribution in [2.24, 2.45) is 0 Å². The lowest BCUT2D eigenvalue weighted by Crippen LogP contribution is -2.24. The molecule has 2 atom stereocenters. The summed E-state index contributed by atoms with van der Waals surface area (Å²) in [6.07, 6.45) is 1.47. The van der Waals surface area contributed by atoms with Crippen LogP contribution in [0, 0.1) is 0 Å². The molecule has 3 aromatic rings. The number of para-hydroxylation sites is 3. The molecule has 2 amide bonds. The van der Waals surface area contributed by atoms with Gasteiger partial charge in [0.2, 0.25) is 11.8 Å². The number of rotatable bonds is 7. The molecule has 11 nitrogen and oxygen atoms in total. The zero-order valence-electron chi connectivity index (χ0n) is 28.6. The molecule has 0 aromatic heterocycles. The highest BCUT2D eigenvalue weighted by atomic mass is 32.2. The Morgan fingerprint density at radius 1 is 0.600 bits per heavy atom. The van der Waals surface area contributed by atoms with Gasteiger partial charge in [-0.2, -0.15) is 0 Å². The molecule has 0 fully saturated rings. The molecule has 0 spiro atoms. The van der Waals surface area contributed by atoms with Gasteiger partial charge in [0.15, 0.2) is 22.2 Å². The average molecular weight is 670 g/mol. The predicted molar refractivity (Wildman–Crippen MR) is 194 cm³/mol. The highest BCUT2D eigenvalue weighted by Crippen LogP contribution is 2.02. The van der Waals surface area contributed by atoms with E-state index in [2.05, 4.69) is 35.0 Å². The van der Waals surface area contributed by atoms with E-state index in [0.717, 1.165) is 17.1 Å². The van der Waals surface area contributed by atoms with Crippen LogP contribution < -0.4 is 26.6 Å². The SMILES string of the molecule is CC.CNC(C)=O.CNc1ccccc1.CNc1ccccc1.CNc1ccccc1.COS(=O)CNC(C)=O.COS(C)=O. The summed E-state index contributed by atoms with van der Waals surface area (Å²) in [5, 5.41) is 13.8. The van der Waals surface area contributed by atoms with Crippen LogP contribution in [0.15, 0.2) is 91.0 Å². The van der Waals surface area contributed by atoms with Crippen LogP contribution >= 0.6 is 0 Å². The van der Waals surface area contributed by atoms with Gasteiger partial charge < -0.3 is 26.6 Å². The van der Waals surface area contributed by atoms with Crippen LogP contribution in [-0.2, 0) is 40.1 Å². The van der Waals surface area contributed by atoms with Gasteiger partial charge in [0, 0.05) is 65.4 Å². The Kier molecular flexibility index (Phi) is 40.9. The summed E-state index contributed by atoms with van der Waals surface area (Å²) in [7, 11) is 10.1. The smallest absolute Gasteiger partial charge is 0.217 e. The molecule has 0 bridgehead atoms. The maximum atomic E-state index is 10.4. The third-order valence-corrected chi connectivity index (χ3v) is 5.62. The molecule has 0 radical (unpaired) electrons. The maximum absolute atomic E-state index is 10.4. The quantitative estimate of drug-likeness (QED) is 0.227. The minimum Gasteiger partial charge on any atom is -0.388 e. The number of carbonyl (C=O) groups is 2. The Hall–Kier alpha value is -3.78.